The van der Waals surface area contributed by atoms with E-state index in [0.29, 0.717) is 6.42 Å². The molecular formula is C25H30N2O. The Kier molecular flexibility index (Phi) is 7.80. The topological polar surface area (TPSA) is 58.3 Å². The van der Waals surface area contributed by atoms with Crippen LogP contribution in [0.5, 0.6) is 0 Å². The summed E-state index contributed by atoms with van der Waals surface area (Å²) in [4.78, 5) is 0. The second kappa shape index (κ2) is 10.8. The number of nitrogens with one attached hydrogen (secondary N) is 1. The van der Waals surface area contributed by atoms with Crippen LogP contribution in [0.1, 0.15) is 23.1 Å². The van der Waals surface area contributed by atoms with Gasteiger partial charge in [-0.15, -0.1) is 0 Å². The molecule has 0 aliphatic carbocycles. The van der Waals surface area contributed by atoms with Gasteiger partial charge in [-0.3, -0.25) is 0 Å². The molecule has 0 bridgehead atoms. The highest BCUT2D eigenvalue weighted by Crippen LogP contribution is 2.13. The normalized spacial score (nSPS) is 14.4. The van der Waals surface area contributed by atoms with E-state index in [1.807, 2.05) is 54.6 Å². The lowest BCUT2D eigenvalue weighted by Crippen LogP contribution is -2.44. The van der Waals surface area contributed by atoms with Crippen LogP contribution < -0.4 is 11.1 Å². The molecule has 4 N–H and O–H groups in total. The average molecular weight is 375 g/mol. The van der Waals surface area contributed by atoms with E-state index in [2.05, 4.69) is 41.7 Å². The zero-order valence-corrected chi connectivity index (χ0v) is 16.2. The Labute approximate surface area is 168 Å². The number of nitrogens with two attached hydrogens (primary N) is 1. The zero-order chi connectivity index (χ0) is 19.6. The van der Waals surface area contributed by atoms with Crippen LogP contribution in [0.25, 0.3) is 0 Å². The fraction of sp³-hybridized carbons (Fsp3) is 0.280. The van der Waals surface area contributed by atoms with Crippen LogP contribution in [0, 0.1) is 0 Å². The lowest BCUT2D eigenvalue weighted by Gasteiger charge is -2.27. The molecule has 0 radical (unpaired) electrons. The third kappa shape index (κ3) is 6.61. The third-order valence-electron chi connectivity index (χ3n) is 5.06. The molecule has 3 aromatic rings. The molecule has 3 rings (SSSR count). The average Bonchev–Trinajstić information content (AvgIpc) is 2.73. The van der Waals surface area contributed by atoms with Gasteiger partial charge in [0, 0.05) is 18.6 Å². The number of aliphatic hydroxyl groups excluding tert-OH is 1. The van der Waals surface area contributed by atoms with Crippen molar-refractivity contribution in [2.75, 3.05) is 0 Å². The Morgan fingerprint density at radius 3 is 1.68 bits per heavy atom. The Hall–Kier alpha value is -2.46. The summed E-state index contributed by atoms with van der Waals surface area (Å²) in [6, 6.07) is 30.7. The molecule has 0 fully saturated rings. The number of benzene rings is 3. The molecule has 146 valence electrons. The van der Waals surface area contributed by atoms with Crippen molar-refractivity contribution in [1.82, 2.24) is 5.32 Å². The predicted octanol–water partition coefficient (Wildman–Crippen LogP) is 3.71. The maximum atomic E-state index is 11.0. The van der Waals surface area contributed by atoms with E-state index in [-0.39, 0.29) is 12.1 Å². The molecule has 3 heteroatoms. The minimum Gasteiger partial charge on any atom is -0.391 e. The molecule has 3 aromatic carbocycles. The lowest BCUT2D eigenvalue weighted by atomic mass is 9.94. The van der Waals surface area contributed by atoms with Crippen LogP contribution in [0.2, 0.25) is 0 Å². The van der Waals surface area contributed by atoms with E-state index in [1.165, 1.54) is 16.7 Å². The van der Waals surface area contributed by atoms with Gasteiger partial charge in [0.15, 0.2) is 0 Å². The first kappa shape index (κ1) is 20.3. The van der Waals surface area contributed by atoms with E-state index in [4.69, 9.17) is 5.73 Å². The first-order chi connectivity index (χ1) is 13.7. The summed E-state index contributed by atoms with van der Waals surface area (Å²) in [6.45, 7) is 0.726. The van der Waals surface area contributed by atoms with Crippen molar-refractivity contribution in [2.24, 2.45) is 5.73 Å². The van der Waals surface area contributed by atoms with Gasteiger partial charge in [0.05, 0.1) is 6.10 Å². The molecule has 0 aromatic heterocycles. The van der Waals surface area contributed by atoms with Gasteiger partial charge >= 0.3 is 0 Å². The smallest absolute Gasteiger partial charge is 0.0711 e. The van der Waals surface area contributed by atoms with Gasteiger partial charge < -0.3 is 16.2 Å². The summed E-state index contributed by atoms with van der Waals surface area (Å²) in [5, 5.41) is 14.5. The molecular weight excluding hydrogens is 344 g/mol. The van der Waals surface area contributed by atoms with Gasteiger partial charge in [0.2, 0.25) is 0 Å². The monoisotopic (exact) mass is 374 g/mol. The second-order valence-electron chi connectivity index (χ2n) is 7.42. The number of hydrogen-bond donors (Lipinski definition) is 3. The van der Waals surface area contributed by atoms with Gasteiger partial charge in [0.25, 0.3) is 0 Å². The highest BCUT2D eigenvalue weighted by Gasteiger charge is 2.22. The Morgan fingerprint density at radius 2 is 1.14 bits per heavy atom. The first-order valence-electron chi connectivity index (χ1n) is 9.99. The van der Waals surface area contributed by atoms with Crippen molar-refractivity contribution in [1.29, 1.82) is 0 Å². The van der Waals surface area contributed by atoms with Crippen molar-refractivity contribution in [2.45, 2.75) is 44.0 Å². The molecule has 0 saturated carbocycles. The van der Waals surface area contributed by atoms with Gasteiger partial charge in [-0.2, -0.15) is 0 Å². The van der Waals surface area contributed by atoms with Crippen LogP contribution in [-0.2, 0) is 19.4 Å². The molecule has 0 spiro atoms. The molecule has 28 heavy (non-hydrogen) atoms. The van der Waals surface area contributed by atoms with E-state index >= 15 is 0 Å². The van der Waals surface area contributed by atoms with Crippen molar-refractivity contribution >= 4 is 0 Å². The third-order valence-corrected chi connectivity index (χ3v) is 5.06. The minimum absolute atomic E-state index is 0.0515. The van der Waals surface area contributed by atoms with Crippen molar-refractivity contribution in [3.63, 3.8) is 0 Å². The quantitative estimate of drug-likeness (QED) is 0.507. The Balaban J connectivity index is 1.62. The SMILES string of the molecule is NC(Cc1ccccc1)CC(O)C(Cc1ccccc1)NCc1ccccc1. The van der Waals surface area contributed by atoms with Gasteiger partial charge in [-0.1, -0.05) is 91.0 Å². The van der Waals surface area contributed by atoms with Gasteiger partial charge in [-0.25, -0.2) is 0 Å². The summed E-state index contributed by atoms with van der Waals surface area (Å²) >= 11 is 0. The molecule has 0 heterocycles. The van der Waals surface area contributed by atoms with Crippen LogP contribution in [-0.4, -0.2) is 23.3 Å². The molecule has 0 aliphatic rings. The van der Waals surface area contributed by atoms with Crippen LogP contribution in [0.3, 0.4) is 0 Å². The Morgan fingerprint density at radius 1 is 0.679 bits per heavy atom. The summed E-state index contributed by atoms with van der Waals surface area (Å²) in [5.41, 5.74) is 9.99. The molecule has 3 atom stereocenters. The van der Waals surface area contributed by atoms with Crippen LogP contribution >= 0.6 is 0 Å². The first-order valence-corrected chi connectivity index (χ1v) is 9.99. The summed E-state index contributed by atoms with van der Waals surface area (Å²) in [6.07, 6.45) is 1.60. The standard InChI is InChI=1S/C25H30N2O/c26-23(16-20-10-4-1-5-11-20)18-25(28)24(17-21-12-6-2-7-13-21)27-19-22-14-8-3-9-15-22/h1-15,23-25,27-28H,16-19,26H2. The van der Waals surface area contributed by atoms with E-state index in [9.17, 15) is 5.11 Å². The predicted molar refractivity (Wildman–Crippen MR) is 116 cm³/mol. The highest BCUT2D eigenvalue weighted by molar-refractivity contribution is 5.18. The summed E-state index contributed by atoms with van der Waals surface area (Å²) < 4.78 is 0. The summed E-state index contributed by atoms with van der Waals surface area (Å²) in [7, 11) is 0. The van der Waals surface area contributed by atoms with E-state index in [0.717, 1.165) is 19.4 Å². The minimum atomic E-state index is -0.511. The molecule has 0 saturated heterocycles. The van der Waals surface area contributed by atoms with Crippen LogP contribution in [0.15, 0.2) is 91.0 Å². The van der Waals surface area contributed by atoms with E-state index < -0.39 is 6.10 Å². The maximum absolute atomic E-state index is 11.0. The fourth-order valence-corrected chi connectivity index (χ4v) is 3.53. The number of rotatable bonds is 10. The molecule has 0 aliphatic heterocycles. The molecule has 3 nitrogen and oxygen atoms in total. The van der Waals surface area contributed by atoms with Crippen LogP contribution in [0.4, 0.5) is 0 Å². The molecule has 0 amide bonds. The van der Waals surface area contributed by atoms with Crippen molar-refractivity contribution in [3.05, 3.63) is 108 Å². The lowest BCUT2D eigenvalue weighted by molar-refractivity contribution is 0.109. The largest absolute Gasteiger partial charge is 0.391 e. The number of hydrogen-bond acceptors (Lipinski definition) is 3. The number of aliphatic hydroxyl groups is 1. The Bertz CT molecular complexity index is 793. The highest BCUT2D eigenvalue weighted by atomic mass is 16.3. The van der Waals surface area contributed by atoms with Gasteiger partial charge in [-0.05, 0) is 36.0 Å². The zero-order valence-electron chi connectivity index (χ0n) is 16.2. The maximum Gasteiger partial charge on any atom is 0.0711 e. The van der Waals surface area contributed by atoms with Crippen molar-refractivity contribution in [3.8, 4) is 0 Å². The van der Waals surface area contributed by atoms with Gasteiger partial charge in [0.1, 0.15) is 0 Å². The second-order valence-corrected chi connectivity index (χ2v) is 7.42. The van der Waals surface area contributed by atoms with Crippen molar-refractivity contribution < 1.29 is 5.11 Å². The van der Waals surface area contributed by atoms with E-state index in [1.54, 1.807) is 0 Å². The fourth-order valence-electron chi connectivity index (χ4n) is 3.53. The molecule has 3 unspecified atom stereocenters. The summed E-state index contributed by atoms with van der Waals surface area (Å²) in [5.74, 6) is 0.